The largest absolute Gasteiger partial charge is 0.372 e. The summed E-state index contributed by atoms with van der Waals surface area (Å²) in [6.45, 7) is 10.1. The van der Waals surface area contributed by atoms with E-state index in [0.717, 1.165) is 43.9 Å². The number of aryl methyl sites for hydroxylation is 1. The Morgan fingerprint density at radius 1 is 1.55 bits per heavy atom. The van der Waals surface area contributed by atoms with Crippen LogP contribution in [0.15, 0.2) is 30.9 Å². The van der Waals surface area contributed by atoms with Crippen molar-refractivity contribution in [3.63, 3.8) is 0 Å². The molecule has 0 radical (unpaired) electrons. The molecule has 0 saturated carbocycles. The number of ether oxygens (including phenoxy) is 2. The fourth-order valence-electron chi connectivity index (χ4n) is 3.64. The maximum atomic E-state index is 6.16. The van der Waals surface area contributed by atoms with Gasteiger partial charge in [0.05, 0.1) is 30.6 Å². The summed E-state index contributed by atoms with van der Waals surface area (Å²) in [5, 5.41) is 0. The third kappa shape index (κ3) is 3.75. The summed E-state index contributed by atoms with van der Waals surface area (Å²) in [4.78, 5) is 7.09. The van der Waals surface area contributed by atoms with Crippen LogP contribution >= 0.6 is 0 Å². The van der Waals surface area contributed by atoms with Crippen molar-refractivity contribution in [2.45, 2.75) is 44.4 Å². The number of piperidine rings is 1. The molecule has 0 aliphatic carbocycles. The topological polar surface area (TPSA) is 34.6 Å². The Morgan fingerprint density at radius 2 is 2.45 bits per heavy atom. The molecule has 2 saturated heterocycles. The molecule has 22 heavy (non-hydrogen) atoms. The maximum absolute atomic E-state index is 6.16. The molecule has 120 valence electrons. The van der Waals surface area contributed by atoms with E-state index in [0.29, 0.717) is 13.2 Å². The van der Waals surface area contributed by atoms with Crippen molar-refractivity contribution in [2.24, 2.45) is 0 Å². The van der Waals surface area contributed by atoms with Crippen LogP contribution in [0, 0.1) is 6.92 Å². The van der Waals surface area contributed by atoms with E-state index < -0.39 is 0 Å². The average Bonchev–Trinajstić information content (AvgIpc) is 2.88. The lowest BCUT2D eigenvalue weighted by Gasteiger charge is -2.39. The fourth-order valence-corrected chi connectivity index (χ4v) is 3.64. The molecule has 1 spiro atoms. The van der Waals surface area contributed by atoms with E-state index >= 15 is 0 Å². The number of likely N-dealkylation sites (tertiary alicyclic amines) is 1. The summed E-state index contributed by atoms with van der Waals surface area (Å²) in [5.41, 5.74) is 2.21. The molecule has 3 heterocycles. The fraction of sp³-hybridized carbons (Fsp3) is 0.611. The predicted molar refractivity (Wildman–Crippen MR) is 86.7 cm³/mol. The lowest BCUT2D eigenvalue weighted by molar-refractivity contribution is -0.0546. The van der Waals surface area contributed by atoms with E-state index in [1.807, 2.05) is 19.1 Å². The molecule has 0 amide bonds. The van der Waals surface area contributed by atoms with Gasteiger partial charge in [0.2, 0.25) is 0 Å². The van der Waals surface area contributed by atoms with Crippen LogP contribution in [-0.4, -0.2) is 47.9 Å². The Hall–Kier alpha value is -1.23. The molecule has 2 aliphatic heterocycles. The Balaban J connectivity index is 1.59. The zero-order chi connectivity index (χ0) is 15.4. The van der Waals surface area contributed by atoms with Gasteiger partial charge in [-0.3, -0.25) is 9.88 Å². The molecule has 1 aromatic rings. The van der Waals surface area contributed by atoms with Crippen molar-refractivity contribution in [3.8, 4) is 0 Å². The molecule has 3 rings (SSSR count). The highest BCUT2D eigenvalue weighted by Gasteiger charge is 2.43. The first-order valence-corrected chi connectivity index (χ1v) is 8.20. The number of hydrogen-bond acceptors (Lipinski definition) is 4. The Bertz CT molecular complexity index is 520. The van der Waals surface area contributed by atoms with Gasteiger partial charge in [-0.2, -0.15) is 0 Å². The quantitative estimate of drug-likeness (QED) is 0.783. The summed E-state index contributed by atoms with van der Waals surface area (Å²) >= 11 is 0. The van der Waals surface area contributed by atoms with Crippen LogP contribution in [0.3, 0.4) is 0 Å². The molecule has 0 bridgehead atoms. The van der Waals surface area contributed by atoms with E-state index in [1.165, 1.54) is 6.42 Å². The van der Waals surface area contributed by atoms with Crippen LogP contribution in [-0.2, 0) is 16.0 Å². The van der Waals surface area contributed by atoms with Gasteiger partial charge >= 0.3 is 0 Å². The van der Waals surface area contributed by atoms with Gasteiger partial charge in [0, 0.05) is 25.2 Å². The molecule has 2 aliphatic rings. The number of aromatic nitrogens is 1. The number of nitrogens with zero attached hydrogens (tertiary/aromatic N) is 2. The number of pyridine rings is 1. The van der Waals surface area contributed by atoms with Crippen LogP contribution < -0.4 is 0 Å². The van der Waals surface area contributed by atoms with Crippen LogP contribution in [0.25, 0.3) is 0 Å². The zero-order valence-corrected chi connectivity index (χ0v) is 13.5. The Labute approximate surface area is 133 Å². The average molecular weight is 302 g/mol. The van der Waals surface area contributed by atoms with Crippen molar-refractivity contribution < 1.29 is 9.47 Å². The third-order valence-corrected chi connectivity index (χ3v) is 4.57. The van der Waals surface area contributed by atoms with E-state index in [4.69, 9.17) is 9.47 Å². The lowest BCUT2D eigenvalue weighted by Crippen LogP contribution is -2.47. The molecule has 0 N–H and O–H groups in total. The van der Waals surface area contributed by atoms with E-state index in [1.54, 1.807) is 0 Å². The summed E-state index contributed by atoms with van der Waals surface area (Å²) < 4.78 is 11.9. The number of hydrogen-bond donors (Lipinski definition) is 0. The lowest BCUT2D eigenvalue weighted by atomic mass is 9.89. The SMILES string of the molecule is C=CCO[C@@H]1CO[C@]2(CCCN(Cc3cccc(C)n3)C2)C1. The van der Waals surface area contributed by atoms with Gasteiger partial charge in [-0.15, -0.1) is 6.58 Å². The molecular formula is C18H26N2O2. The molecule has 2 atom stereocenters. The molecule has 0 unspecified atom stereocenters. The molecule has 2 fully saturated rings. The smallest absolute Gasteiger partial charge is 0.0841 e. The predicted octanol–water partition coefficient (Wildman–Crippen LogP) is 2.72. The van der Waals surface area contributed by atoms with E-state index in [2.05, 4.69) is 28.6 Å². The molecule has 1 aromatic heterocycles. The monoisotopic (exact) mass is 302 g/mol. The van der Waals surface area contributed by atoms with Crippen molar-refractivity contribution in [1.29, 1.82) is 0 Å². The Morgan fingerprint density at radius 3 is 3.27 bits per heavy atom. The molecule has 0 aromatic carbocycles. The highest BCUT2D eigenvalue weighted by Crippen LogP contribution is 2.36. The van der Waals surface area contributed by atoms with Crippen molar-refractivity contribution in [1.82, 2.24) is 9.88 Å². The number of rotatable bonds is 5. The first-order valence-electron chi connectivity index (χ1n) is 8.20. The van der Waals surface area contributed by atoms with Gasteiger partial charge in [-0.05, 0) is 38.4 Å². The van der Waals surface area contributed by atoms with Crippen molar-refractivity contribution >= 4 is 0 Å². The second kappa shape index (κ2) is 6.90. The summed E-state index contributed by atoms with van der Waals surface area (Å²) in [6, 6.07) is 6.24. The first kappa shape index (κ1) is 15.7. The van der Waals surface area contributed by atoms with Crippen molar-refractivity contribution in [3.05, 3.63) is 42.2 Å². The first-order chi connectivity index (χ1) is 10.7. The van der Waals surface area contributed by atoms with E-state index in [-0.39, 0.29) is 11.7 Å². The summed E-state index contributed by atoms with van der Waals surface area (Å²) in [6.07, 6.45) is 5.34. The van der Waals surface area contributed by atoms with Gasteiger partial charge in [-0.25, -0.2) is 0 Å². The van der Waals surface area contributed by atoms with Gasteiger partial charge < -0.3 is 9.47 Å². The van der Waals surface area contributed by atoms with Gasteiger partial charge in [-0.1, -0.05) is 12.1 Å². The molecule has 4 heteroatoms. The van der Waals surface area contributed by atoms with Crippen LogP contribution in [0.1, 0.15) is 30.7 Å². The normalized spacial score (nSPS) is 29.0. The van der Waals surface area contributed by atoms with Crippen LogP contribution in [0.5, 0.6) is 0 Å². The minimum absolute atomic E-state index is 0.0199. The highest BCUT2D eigenvalue weighted by molar-refractivity contribution is 5.10. The second-order valence-corrected chi connectivity index (χ2v) is 6.53. The van der Waals surface area contributed by atoms with Crippen LogP contribution in [0.2, 0.25) is 0 Å². The van der Waals surface area contributed by atoms with E-state index in [9.17, 15) is 0 Å². The van der Waals surface area contributed by atoms with Crippen LogP contribution in [0.4, 0.5) is 0 Å². The van der Waals surface area contributed by atoms with Crippen molar-refractivity contribution in [2.75, 3.05) is 26.3 Å². The summed E-state index contributed by atoms with van der Waals surface area (Å²) in [5.74, 6) is 0. The summed E-state index contributed by atoms with van der Waals surface area (Å²) in [7, 11) is 0. The van der Waals surface area contributed by atoms with Gasteiger partial charge in [0.25, 0.3) is 0 Å². The third-order valence-electron chi connectivity index (χ3n) is 4.57. The molecular weight excluding hydrogens is 276 g/mol. The standard InChI is InChI=1S/C18H26N2O2/c1-3-10-21-17-11-18(22-13-17)8-5-9-20(14-18)12-16-7-4-6-15(2)19-16/h3-4,6-7,17H,1,5,8-14H2,2H3/t17-,18+/m0/s1. The second-order valence-electron chi connectivity index (χ2n) is 6.53. The van der Waals surface area contributed by atoms with Gasteiger partial charge in [0.15, 0.2) is 0 Å². The molecule has 4 nitrogen and oxygen atoms in total. The zero-order valence-electron chi connectivity index (χ0n) is 13.5. The maximum Gasteiger partial charge on any atom is 0.0841 e. The van der Waals surface area contributed by atoms with Gasteiger partial charge in [0.1, 0.15) is 0 Å². The minimum Gasteiger partial charge on any atom is -0.372 e. The Kier molecular flexibility index (Phi) is 4.91. The highest BCUT2D eigenvalue weighted by atomic mass is 16.6. The minimum atomic E-state index is -0.0199.